The summed E-state index contributed by atoms with van der Waals surface area (Å²) in [4.78, 5) is 3.86. The number of hydrogen-bond donors (Lipinski definition) is 1. The predicted molar refractivity (Wildman–Crippen MR) is 55.6 cm³/mol. The Balaban J connectivity index is 0.00000225. The summed E-state index contributed by atoms with van der Waals surface area (Å²) in [7, 11) is 0. The molecule has 0 fully saturated rings. The normalized spacial score (nSPS) is 12.8. The van der Waals surface area contributed by atoms with Crippen LogP contribution in [0.15, 0.2) is 18.3 Å². The number of aromatic nitrogens is 1. The topological polar surface area (TPSA) is 48.1 Å². The number of alkyl halides is 3. The molecular weight excluding hydrogens is 245 g/mol. The van der Waals surface area contributed by atoms with Crippen molar-refractivity contribution in [3.8, 4) is 5.75 Å². The summed E-state index contributed by atoms with van der Waals surface area (Å²) in [6, 6.07) is 2.70. The minimum absolute atomic E-state index is 0. The molecule has 2 N–H and O–H groups in total. The molecule has 16 heavy (non-hydrogen) atoms. The van der Waals surface area contributed by atoms with Gasteiger partial charge in [-0.25, -0.2) is 0 Å². The third-order valence-electron chi connectivity index (χ3n) is 1.63. The lowest BCUT2D eigenvalue weighted by Crippen LogP contribution is -2.19. The van der Waals surface area contributed by atoms with Crippen LogP contribution in [0.25, 0.3) is 0 Å². The van der Waals surface area contributed by atoms with Crippen LogP contribution >= 0.6 is 12.4 Å². The number of rotatable bonds is 3. The molecule has 1 aromatic heterocycles. The van der Waals surface area contributed by atoms with Gasteiger partial charge < -0.3 is 10.5 Å². The average Bonchev–Trinajstić information content (AvgIpc) is 2.14. The molecular formula is C9H12ClF3N2O. The standard InChI is InChI=1S/C9H11F3N2O.ClH/c1-6(13)8-3-2-7(4-14-8)15-5-9(10,11)12;/h2-4,6H,5,13H2,1H3;1H. The molecule has 92 valence electrons. The Morgan fingerprint density at radius 2 is 2.06 bits per heavy atom. The fourth-order valence-corrected chi connectivity index (χ4v) is 0.912. The minimum Gasteiger partial charge on any atom is -0.483 e. The first-order valence-corrected chi connectivity index (χ1v) is 4.29. The third kappa shape index (κ3) is 5.18. The molecule has 0 aliphatic heterocycles. The van der Waals surface area contributed by atoms with Crippen LogP contribution in [0.1, 0.15) is 18.7 Å². The van der Waals surface area contributed by atoms with E-state index in [2.05, 4.69) is 9.72 Å². The Hall–Kier alpha value is -1.01. The first kappa shape index (κ1) is 15.0. The van der Waals surface area contributed by atoms with Gasteiger partial charge in [-0.3, -0.25) is 4.98 Å². The maximum atomic E-state index is 11.8. The first-order chi connectivity index (χ1) is 6.88. The van der Waals surface area contributed by atoms with Crippen molar-refractivity contribution in [3.63, 3.8) is 0 Å². The molecule has 0 radical (unpaired) electrons. The molecule has 0 aliphatic carbocycles. The minimum atomic E-state index is -4.33. The summed E-state index contributed by atoms with van der Waals surface area (Å²) in [5.74, 6) is 0.0803. The van der Waals surface area contributed by atoms with Gasteiger partial charge in [0.15, 0.2) is 6.61 Å². The number of hydrogen-bond acceptors (Lipinski definition) is 3. The van der Waals surface area contributed by atoms with Gasteiger partial charge in [-0.15, -0.1) is 12.4 Å². The Kier molecular flexibility index (Phi) is 5.53. The van der Waals surface area contributed by atoms with Gasteiger partial charge in [-0.1, -0.05) is 0 Å². The number of halogens is 4. The first-order valence-electron chi connectivity index (χ1n) is 4.29. The van der Waals surface area contributed by atoms with E-state index in [0.29, 0.717) is 5.69 Å². The fraction of sp³-hybridized carbons (Fsp3) is 0.444. The van der Waals surface area contributed by atoms with E-state index in [1.807, 2.05) is 0 Å². The van der Waals surface area contributed by atoms with Crippen LogP contribution in [0.2, 0.25) is 0 Å². The number of ether oxygens (including phenoxy) is 1. The van der Waals surface area contributed by atoms with Crippen molar-refractivity contribution in [1.82, 2.24) is 4.98 Å². The van der Waals surface area contributed by atoms with Gasteiger partial charge in [0.05, 0.1) is 11.9 Å². The quantitative estimate of drug-likeness (QED) is 0.904. The van der Waals surface area contributed by atoms with Crippen LogP contribution in [0.5, 0.6) is 5.75 Å². The van der Waals surface area contributed by atoms with E-state index < -0.39 is 12.8 Å². The average molecular weight is 257 g/mol. The van der Waals surface area contributed by atoms with Crippen LogP contribution in [0, 0.1) is 0 Å². The monoisotopic (exact) mass is 256 g/mol. The van der Waals surface area contributed by atoms with Gasteiger partial charge in [-0.05, 0) is 19.1 Å². The molecule has 1 heterocycles. The zero-order valence-corrected chi connectivity index (χ0v) is 9.31. The van der Waals surface area contributed by atoms with Gasteiger partial charge in [0.25, 0.3) is 0 Å². The number of nitrogens with two attached hydrogens (primary N) is 1. The van der Waals surface area contributed by atoms with E-state index in [-0.39, 0.29) is 24.2 Å². The molecule has 0 aromatic carbocycles. The van der Waals surface area contributed by atoms with Gasteiger partial charge in [-0.2, -0.15) is 13.2 Å². The second kappa shape index (κ2) is 5.91. The van der Waals surface area contributed by atoms with Crippen molar-refractivity contribution < 1.29 is 17.9 Å². The molecule has 1 atom stereocenters. The highest BCUT2D eigenvalue weighted by Crippen LogP contribution is 2.18. The molecule has 3 nitrogen and oxygen atoms in total. The summed E-state index contributed by atoms with van der Waals surface area (Å²) in [5, 5.41) is 0. The number of pyridine rings is 1. The summed E-state index contributed by atoms with van der Waals surface area (Å²) >= 11 is 0. The Labute approximate surface area is 97.2 Å². The van der Waals surface area contributed by atoms with E-state index in [1.165, 1.54) is 18.3 Å². The highest BCUT2D eigenvalue weighted by Gasteiger charge is 2.28. The highest BCUT2D eigenvalue weighted by atomic mass is 35.5. The molecule has 0 spiro atoms. The second-order valence-corrected chi connectivity index (χ2v) is 3.11. The van der Waals surface area contributed by atoms with Gasteiger partial charge >= 0.3 is 6.18 Å². The zero-order chi connectivity index (χ0) is 11.5. The van der Waals surface area contributed by atoms with E-state index in [0.717, 1.165) is 0 Å². The largest absolute Gasteiger partial charge is 0.483 e. The van der Waals surface area contributed by atoms with Crippen molar-refractivity contribution in [1.29, 1.82) is 0 Å². The smallest absolute Gasteiger partial charge is 0.422 e. The zero-order valence-electron chi connectivity index (χ0n) is 8.49. The van der Waals surface area contributed by atoms with E-state index in [4.69, 9.17) is 5.73 Å². The summed E-state index contributed by atoms with van der Waals surface area (Å²) < 4.78 is 39.8. The van der Waals surface area contributed by atoms with Crippen LogP contribution in [0.4, 0.5) is 13.2 Å². The second-order valence-electron chi connectivity index (χ2n) is 3.11. The lowest BCUT2D eigenvalue weighted by molar-refractivity contribution is -0.153. The lowest BCUT2D eigenvalue weighted by Gasteiger charge is -2.09. The number of nitrogens with zero attached hydrogens (tertiary/aromatic N) is 1. The summed E-state index contributed by atoms with van der Waals surface area (Å²) in [6.07, 6.45) is -3.11. The fourth-order valence-electron chi connectivity index (χ4n) is 0.912. The van der Waals surface area contributed by atoms with Crippen molar-refractivity contribution >= 4 is 12.4 Å². The van der Waals surface area contributed by atoms with Crippen molar-refractivity contribution in [2.24, 2.45) is 5.73 Å². The highest BCUT2D eigenvalue weighted by molar-refractivity contribution is 5.85. The maximum Gasteiger partial charge on any atom is 0.422 e. The summed E-state index contributed by atoms with van der Waals surface area (Å²) in [5.41, 5.74) is 6.13. The lowest BCUT2D eigenvalue weighted by atomic mass is 10.2. The van der Waals surface area contributed by atoms with Crippen LogP contribution in [0.3, 0.4) is 0 Å². The molecule has 0 saturated carbocycles. The SMILES string of the molecule is CC(N)c1ccc(OCC(F)(F)F)cn1.Cl. The van der Waals surface area contributed by atoms with Crippen molar-refractivity contribution in [3.05, 3.63) is 24.0 Å². The molecule has 1 rings (SSSR count). The molecule has 7 heteroatoms. The molecule has 0 aliphatic rings. The molecule has 0 saturated heterocycles. The van der Waals surface area contributed by atoms with E-state index >= 15 is 0 Å². The summed E-state index contributed by atoms with van der Waals surface area (Å²) in [6.45, 7) is 0.421. The van der Waals surface area contributed by atoms with Crippen molar-refractivity contribution in [2.45, 2.75) is 19.1 Å². The van der Waals surface area contributed by atoms with Crippen LogP contribution in [-0.2, 0) is 0 Å². The van der Waals surface area contributed by atoms with Gasteiger partial charge in [0.2, 0.25) is 0 Å². The van der Waals surface area contributed by atoms with E-state index in [1.54, 1.807) is 6.92 Å². The van der Waals surface area contributed by atoms with Gasteiger partial charge in [0.1, 0.15) is 5.75 Å². The maximum absolute atomic E-state index is 11.8. The molecule has 1 unspecified atom stereocenters. The van der Waals surface area contributed by atoms with Gasteiger partial charge in [0, 0.05) is 6.04 Å². The third-order valence-corrected chi connectivity index (χ3v) is 1.63. The molecule has 0 amide bonds. The van der Waals surface area contributed by atoms with Crippen LogP contribution in [-0.4, -0.2) is 17.8 Å². The van der Waals surface area contributed by atoms with Crippen LogP contribution < -0.4 is 10.5 Å². The van der Waals surface area contributed by atoms with Crippen molar-refractivity contribution in [2.75, 3.05) is 6.61 Å². The molecule has 1 aromatic rings. The predicted octanol–water partition coefficient (Wildman–Crippen LogP) is 2.46. The molecule has 0 bridgehead atoms. The Morgan fingerprint density at radius 3 is 2.44 bits per heavy atom. The Bertz CT molecular complexity index is 314. The van der Waals surface area contributed by atoms with E-state index in [9.17, 15) is 13.2 Å². The Morgan fingerprint density at radius 1 is 1.44 bits per heavy atom.